The molecule has 0 saturated heterocycles. The van der Waals surface area contributed by atoms with Gasteiger partial charge >= 0.3 is 5.97 Å². The molecule has 0 spiro atoms. The van der Waals surface area contributed by atoms with E-state index in [9.17, 15) is 19.2 Å². The summed E-state index contributed by atoms with van der Waals surface area (Å²) in [6.07, 6.45) is -1.12. The number of nitrogens with one attached hydrogen (secondary N) is 1. The molecule has 0 aliphatic carbocycles. The van der Waals surface area contributed by atoms with Crippen LogP contribution in [-0.4, -0.2) is 41.2 Å². The van der Waals surface area contributed by atoms with E-state index in [1.807, 2.05) is 0 Å². The number of imide groups is 1. The molecule has 0 fully saturated rings. The topological polar surface area (TPSA) is 92.8 Å². The van der Waals surface area contributed by atoms with Gasteiger partial charge in [-0.05, 0) is 43.7 Å². The molecule has 1 atom stereocenters. The number of halogens is 1. The Kier molecular flexibility index (Phi) is 5.46. The van der Waals surface area contributed by atoms with E-state index in [2.05, 4.69) is 5.32 Å². The van der Waals surface area contributed by atoms with Gasteiger partial charge in [0.15, 0.2) is 6.10 Å². The number of anilines is 1. The van der Waals surface area contributed by atoms with E-state index >= 15 is 0 Å². The fourth-order valence-corrected chi connectivity index (χ4v) is 2.95. The second-order valence-corrected chi connectivity index (χ2v) is 6.68. The van der Waals surface area contributed by atoms with Crippen LogP contribution in [-0.2, 0) is 14.3 Å². The minimum absolute atomic E-state index is 0.238. The Morgan fingerprint density at radius 2 is 1.68 bits per heavy atom. The summed E-state index contributed by atoms with van der Waals surface area (Å²) in [5, 5.41) is 3.13. The van der Waals surface area contributed by atoms with Gasteiger partial charge < -0.3 is 10.1 Å². The van der Waals surface area contributed by atoms with Crippen molar-refractivity contribution in [2.45, 2.75) is 20.0 Å². The molecule has 2 aromatic carbocycles. The van der Waals surface area contributed by atoms with Crippen molar-refractivity contribution in [2.75, 3.05) is 11.9 Å². The molecule has 0 unspecified atom stereocenters. The van der Waals surface area contributed by atoms with Crippen molar-refractivity contribution in [3.05, 3.63) is 64.2 Å². The number of fused-ring (bicyclic) bond motifs is 1. The molecule has 2 aromatic rings. The van der Waals surface area contributed by atoms with E-state index in [0.29, 0.717) is 16.3 Å². The molecule has 28 heavy (non-hydrogen) atoms. The zero-order valence-corrected chi connectivity index (χ0v) is 15.9. The Morgan fingerprint density at radius 3 is 2.29 bits per heavy atom. The van der Waals surface area contributed by atoms with Crippen molar-refractivity contribution in [2.24, 2.45) is 0 Å². The van der Waals surface area contributed by atoms with Crippen LogP contribution in [0.3, 0.4) is 0 Å². The molecule has 1 aliphatic rings. The maximum atomic E-state index is 12.3. The number of carbonyl (C=O) groups excluding carboxylic acids is 4. The molecule has 0 bridgehead atoms. The van der Waals surface area contributed by atoms with Crippen molar-refractivity contribution in [1.82, 2.24) is 4.90 Å². The van der Waals surface area contributed by atoms with E-state index in [0.717, 1.165) is 4.90 Å². The quantitative estimate of drug-likeness (QED) is 0.615. The first-order chi connectivity index (χ1) is 13.3. The number of amides is 3. The van der Waals surface area contributed by atoms with Crippen LogP contribution in [0.2, 0.25) is 5.02 Å². The van der Waals surface area contributed by atoms with Gasteiger partial charge in [-0.15, -0.1) is 0 Å². The number of nitrogens with zero attached hydrogens (tertiary/aromatic N) is 1. The average molecular weight is 401 g/mol. The lowest BCUT2D eigenvalue weighted by molar-refractivity contribution is -0.153. The molecule has 7 nitrogen and oxygen atoms in total. The average Bonchev–Trinajstić information content (AvgIpc) is 2.90. The van der Waals surface area contributed by atoms with Gasteiger partial charge in [-0.2, -0.15) is 0 Å². The van der Waals surface area contributed by atoms with Crippen LogP contribution in [0.4, 0.5) is 5.69 Å². The molecule has 0 saturated carbocycles. The standard InChI is InChI=1S/C20H17ClN2O5/c1-11-15(21)8-5-9-16(11)22-18(25)12(2)28-17(24)10-23-19(26)13-6-3-4-7-14(13)20(23)27/h3-9,12H,10H2,1-2H3,(H,22,25)/t12-/m1/s1. The van der Waals surface area contributed by atoms with Crippen LogP contribution in [0.1, 0.15) is 33.2 Å². The van der Waals surface area contributed by atoms with Crippen LogP contribution < -0.4 is 5.32 Å². The number of rotatable bonds is 5. The monoisotopic (exact) mass is 400 g/mol. The smallest absolute Gasteiger partial charge is 0.326 e. The van der Waals surface area contributed by atoms with Crippen molar-refractivity contribution in [3.63, 3.8) is 0 Å². The summed E-state index contributed by atoms with van der Waals surface area (Å²) in [7, 11) is 0. The van der Waals surface area contributed by atoms with Crippen LogP contribution in [0, 0.1) is 6.92 Å². The molecule has 3 amide bonds. The van der Waals surface area contributed by atoms with Gasteiger partial charge in [-0.25, -0.2) is 0 Å². The van der Waals surface area contributed by atoms with Gasteiger partial charge in [-0.3, -0.25) is 24.1 Å². The highest BCUT2D eigenvalue weighted by molar-refractivity contribution is 6.31. The number of esters is 1. The predicted molar refractivity (Wildman–Crippen MR) is 102 cm³/mol. The molecule has 8 heteroatoms. The summed E-state index contributed by atoms with van der Waals surface area (Å²) in [6, 6.07) is 11.4. The first-order valence-electron chi connectivity index (χ1n) is 8.50. The zero-order valence-electron chi connectivity index (χ0n) is 15.2. The second-order valence-electron chi connectivity index (χ2n) is 6.28. The zero-order chi connectivity index (χ0) is 20.4. The summed E-state index contributed by atoms with van der Waals surface area (Å²) >= 11 is 6.02. The SMILES string of the molecule is Cc1c(Cl)cccc1NC(=O)[C@@H](C)OC(=O)CN1C(=O)c2ccccc2C1=O. The first kappa shape index (κ1) is 19.6. The molecule has 1 heterocycles. The first-order valence-corrected chi connectivity index (χ1v) is 8.88. The maximum absolute atomic E-state index is 12.3. The van der Waals surface area contributed by atoms with E-state index in [-0.39, 0.29) is 11.1 Å². The van der Waals surface area contributed by atoms with E-state index in [1.165, 1.54) is 19.1 Å². The fraction of sp³-hybridized carbons (Fsp3) is 0.200. The highest BCUT2D eigenvalue weighted by Gasteiger charge is 2.37. The highest BCUT2D eigenvalue weighted by Crippen LogP contribution is 2.24. The van der Waals surface area contributed by atoms with Gasteiger partial charge in [0, 0.05) is 10.7 Å². The van der Waals surface area contributed by atoms with Crippen LogP contribution in [0.15, 0.2) is 42.5 Å². The van der Waals surface area contributed by atoms with Gasteiger partial charge in [0.1, 0.15) is 6.54 Å². The van der Waals surface area contributed by atoms with Crippen LogP contribution in [0.25, 0.3) is 0 Å². The summed E-state index contributed by atoms with van der Waals surface area (Å²) in [5.74, 6) is -2.55. The normalized spacial score (nSPS) is 13.9. The van der Waals surface area contributed by atoms with E-state index in [1.54, 1.807) is 37.3 Å². The van der Waals surface area contributed by atoms with E-state index in [4.69, 9.17) is 16.3 Å². The second kappa shape index (κ2) is 7.82. The largest absolute Gasteiger partial charge is 0.451 e. The van der Waals surface area contributed by atoms with Gasteiger partial charge in [0.2, 0.25) is 0 Å². The number of ether oxygens (including phenoxy) is 1. The third-order valence-corrected chi connectivity index (χ3v) is 4.78. The van der Waals surface area contributed by atoms with E-state index < -0.39 is 36.3 Å². The van der Waals surface area contributed by atoms with Gasteiger partial charge in [0.25, 0.3) is 17.7 Å². The lowest BCUT2D eigenvalue weighted by Crippen LogP contribution is -2.38. The Hall–Kier alpha value is -3.19. The third kappa shape index (κ3) is 3.75. The highest BCUT2D eigenvalue weighted by atomic mass is 35.5. The van der Waals surface area contributed by atoms with Crippen molar-refractivity contribution in [1.29, 1.82) is 0 Å². The molecule has 0 aromatic heterocycles. The molecule has 3 rings (SSSR count). The van der Waals surface area contributed by atoms with Crippen molar-refractivity contribution in [3.8, 4) is 0 Å². The lowest BCUT2D eigenvalue weighted by Gasteiger charge is -2.17. The number of hydrogen-bond donors (Lipinski definition) is 1. The number of hydrogen-bond acceptors (Lipinski definition) is 5. The maximum Gasteiger partial charge on any atom is 0.326 e. The Bertz CT molecular complexity index is 953. The summed E-state index contributed by atoms with van der Waals surface area (Å²) < 4.78 is 5.08. The summed E-state index contributed by atoms with van der Waals surface area (Å²) in [4.78, 5) is 49.8. The molecule has 1 N–H and O–H groups in total. The summed E-state index contributed by atoms with van der Waals surface area (Å²) in [6.45, 7) is 2.58. The molecule has 144 valence electrons. The number of benzene rings is 2. The van der Waals surface area contributed by atoms with Crippen molar-refractivity contribution >= 4 is 41.0 Å². The summed E-state index contributed by atoms with van der Waals surface area (Å²) in [5.41, 5.74) is 1.66. The Morgan fingerprint density at radius 1 is 1.07 bits per heavy atom. The molecule has 1 aliphatic heterocycles. The minimum Gasteiger partial charge on any atom is -0.451 e. The third-order valence-electron chi connectivity index (χ3n) is 4.37. The molecular weight excluding hydrogens is 384 g/mol. The minimum atomic E-state index is -1.12. The number of carbonyl (C=O) groups is 4. The van der Waals surface area contributed by atoms with Gasteiger partial charge in [0.05, 0.1) is 11.1 Å². The van der Waals surface area contributed by atoms with Gasteiger partial charge in [-0.1, -0.05) is 29.8 Å². The Labute approximate surface area is 166 Å². The molecule has 0 radical (unpaired) electrons. The molecular formula is C20H17ClN2O5. The lowest BCUT2D eigenvalue weighted by atomic mass is 10.1. The van der Waals surface area contributed by atoms with Crippen molar-refractivity contribution < 1.29 is 23.9 Å². The predicted octanol–water partition coefficient (Wildman–Crippen LogP) is 2.81. The fourth-order valence-electron chi connectivity index (χ4n) is 2.78. The van der Waals surface area contributed by atoms with Crippen LogP contribution in [0.5, 0.6) is 0 Å². The Balaban J connectivity index is 1.60. The van der Waals surface area contributed by atoms with Crippen LogP contribution >= 0.6 is 11.6 Å².